The molecule has 44 heavy (non-hydrogen) atoms. The summed E-state index contributed by atoms with van der Waals surface area (Å²) in [6.45, 7) is 4.90. The molecule has 5 rings (SSSR count). The Labute approximate surface area is 253 Å². The third-order valence-electron chi connectivity index (χ3n) is 7.80. The van der Waals surface area contributed by atoms with Gasteiger partial charge in [0.15, 0.2) is 0 Å². The molecule has 2 atom stereocenters. The lowest BCUT2D eigenvalue weighted by Gasteiger charge is -2.26. The number of fused-ring (bicyclic) bond motifs is 1. The maximum absolute atomic E-state index is 12.9. The zero-order chi connectivity index (χ0) is 31.5. The van der Waals surface area contributed by atoms with Gasteiger partial charge in [0.1, 0.15) is 11.5 Å². The van der Waals surface area contributed by atoms with Crippen LogP contribution in [0.15, 0.2) is 84.9 Å². The Balaban J connectivity index is 1.12. The van der Waals surface area contributed by atoms with Gasteiger partial charge >= 0.3 is 18.2 Å². The molecular formula is C34H33F3N2O5. The van der Waals surface area contributed by atoms with Crippen LogP contribution < -0.4 is 14.8 Å². The van der Waals surface area contributed by atoms with Crippen LogP contribution in [0.2, 0.25) is 0 Å². The van der Waals surface area contributed by atoms with E-state index in [2.05, 4.69) is 36.5 Å². The SMILES string of the molecule is Cc1cc2ccccc2cc1CN1CC(CCOc2ccc(CC(C)(Oc3ccc(C(F)(F)F)cc3)C(=O)O)cc2)NC1=O. The standard InChI is InChI=1S/C34H33F3N2O5/c1-22-17-24-5-3-4-6-25(24)18-26(22)20-39-21-28(38-32(39)42)15-16-43-29-11-7-23(8-12-29)19-33(2,31(40)41)44-30-13-9-27(10-14-30)34(35,36)37/h3-14,17-18,28H,15-16,19-21H2,1-2H3,(H,38,42)(H,40,41). The molecule has 0 aromatic heterocycles. The number of halogens is 3. The maximum atomic E-state index is 12.9. The maximum Gasteiger partial charge on any atom is 0.416 e. The van der Waals surface area contributed by atoms with Crippen molar-refractivity contribution >= 4 is 22.8 Å². The molecular weight excluding hydrogens is 573 g/mol. The van der Waals surface area contributed by atoms with E-state index >= 15 is 0 Å². The van der Waals surface area contributed by atoms with E-state index in [1.54, 1.807) is 24.3 Å². The first kappa shape index (κ1) is 30.7. The Hall–Kier alpha value is -4.73. The number of ether oxygens (including phenoxy) is 2. The Morgan fingerprint density at radius 1 is 0.977 bits per heavy atom. The quantitative estimate of drug-likeness (QED) is 0.192. The monoisotopic (exact) mass is 606 g/mol. The molecule has 10 heteroatoms. The van der Waals surface area contributed by atoms with Gasteiger partial charge in [0.25, 0.3) is 0 Å². The van der Waals surface area contributed by atoms with Crippen molar-refractivity contribution in [3.8, 4) is 11.5 Å². The highest BCUT2D eigenvalue weighted by atomic mass is 19.4. The lowest BCUT2D eigenvalue weighted by Crippen LogP contribution is -2.43. The number of nitrogens with one attached hydrogen (secondary N) is 1. The van der Waals surface area contributed by atoms with Gasteiger partial charge in [-0.3, -0.25) is 0 Å². The number of aliphatic carboxylic acids is 1. The number of carboxylic acid groups (broad SMARTS) is 1. The van der Waals surface area contributed by atoms with Gasteiger partial charge in [0.2, 0.25) is 5.60 Å². The van der Waals surface area contributed by atoms with Crippen molar-refractivity contribution in [2.75, 3.05) is 13.2 Å². The Morgan fingerprint density at radius 3 is 2.25 bits per heavy atom. The zero-order valence-electron chi connectivity index (χ0n) is 24.4. The van der Waals surface area contributed by atoms with Crippen LogP contribution in [0, 0.1) is 6.92 Å². The third-order valence-corrected chi connectivity index (χ3v) is 7.80. The second-order valence-corrected chi connectivity index (χ2v) is 11.3. The van der Waals surface area contributed by atoms with E-state index in [1.165, 1.54) is 12.3 Å². The number of rotatable bonds is 11. The molecule has 1 aliphatic rings. The van der Waals surface area contributed by atoms with Gasteiger partial charge in [-0.1, -0.05) is 42.5 Å². The van der Waals surface area contributed by atoms with E-state index in [4.69, 9.17) is 9.47 Å². The van der Waals surface area contributed by atoms with Crippen LogP contribution in [0.1, 0.15) is 35.6 Å². The molecule has 0 radical (unpaired) electrons. The predicted octanol–water partition coefficient (Wildman–Crippen LogP) is 6.99. The molecule has 0 aliphatic carbocycles. The summed E-state index contributed by atoms with van der Waals surface area (Å²) in [5, 5.41) is 15.2. The highest BCUT2D eigenvalue weighted by molar-refractivity contribution is 5.84. The zero-order valence-corrected chi connectivity index (χ0v) is 24.4. The molecule has 2 unspecified atom stereocenters. The van der Waals surface area contributed by atoms with Gasteiger partial charge in [-0.15, -0.1) is 0 Å². The Bertz CT molecular complexity index is 1640. The van der Waals surface area contributed by atoms with E-state index in [0.717, 1.165) is 40.8 Å². The normalized spacial score (nSPS) is 16.4. The minimum atomic E-state index is -4.50. The van der Waals surface area contributed by atoms with E-state index in [9.17, 15) is 27.9 Å². The molecule has 0 spiro atoms. The van der Waals surface area contributed by atoms with Crippen molar-refractivity contribution < 1.29 is 37.3 Å². The Kier molecular flexibility index (Phi) is 8.71. The summed E-state index contributed by atoms with van der Waals surface area (Å²) in [7, 11) is 0. The number of alkyl halides is 3. The number of hydrogen-bond donors (Lipinski definition) is 2. The highest BCUT2D eigenvalue weighted by Crippen LogP contribution is 2.32. The predicted molar refractivity (Wildman–Crippen MR) is 160 cm³/mol. The number of nitrogens with zero attached hydrogens (tertiary/aromatic N) is 1. The number of benzene rings is 4. The summed E-state index contributed by atoms with van der Waals surface area (Å²) in [4.78, 5) is 26.5. The number of carbonyl (C=O) groups is 2. The lowest BCUT2D eigenvalue weighted by atomic mass is 9.96. The van der Waals surface area contributed by atoms with Crippen LogP contribution in [0.3, 0.4) is 0 Å². The van der Waals surface area contributed by atoms with Gasteiger partial charge in [0, 0.05) is 25.9 Å². The van der Waals surface area contributed by atoms with Crippen LogP contribution in [-0.4, -0.2) is 46.8 Å². The van der Waals surface area contributed by atoms with E-state index in [-0.39, 0.29) is 24.2 Å². The van der Waals surface area contributed by atoms with Crippen LogP contribution in [0.25, 0.3) is 10.8 Å². The topological polar surface area (TPSA) is 88.1 Å². The van der Waals surface area contributed by atoms with Crippen LogP contribution in [0.4, 0.5) is 18.0 Å². The molecule has 1 saturated heterocycles. The fourth-order valence-corrected chi connectivity index (χ4v) is 5.28. The van der Waals surface area contributed by atoms with E-state index in [0.29, 0.717) is 37.4 Å². The first-order chi connectivity index (χ1) is 20.9. The molecule has 4 aromatic carbocycles. The number of urea groups is 1. The third kappa shape index (κ3) is 7.24. The minimum absolute atomic E-state index is 0.0211. The van der Waals surface area contributed by atoms with Gasteiger partial charge in [-0.05, 0) is 83.8 Å². The van der Waals surface area contributed by atoms with Gasteiger partial charge in [-0.25, -0.2) is 9.59 Å². The van der Waals surface area contributed by atoms with Crippen molar-refractivity contribution in [2.45, 2.75) is 51.1 Å². The largest absolute Gasteiger partial charge is 0.494 e. The van der Waals surface area contributed by atoms with Crippen molar-refractivity contribution in [3.63, 3.8) is 0 Å². The number of carbonyl (C=O) groups excluding carboxylic acids is 1. The van der Waals surface area contributed by atoms with E-state index < -0.39 is 23.3 Å². The average Bonchev–Trinajstić information content (AvgIpc) is 3.32. The van der Waals surface area contributed by atoms with Crippen molar-refractivity contribution in [3.05, 3.63) is 107 Å². The van der Waals surface area contributed by atoms with Crippen LogP contribution in [0.5, 0.6) is 11.5 Å². The fraction of sp³-hybridized carbons (Fsp3) is 0.294. The second-order valence-electron chi connectivity index (χ2n) is 11.3. The highest BCUT2D eigenvalue weighted by Gasteiger charge is 2.37. The Morgan fingerprint density at radius 2 is 1.61 bits per heavy atom. The minimum Gasteiger partial charge on any atom is -0.494 e. The smallest absolute Gasteiger partial charge is 0.416 e. The van der Waals surface area contributed by atoms with E-state index in [1.807, 2.05) is 17.0 Å². The van der Waals surface area contributed by atoms with Crippen LogP contribution >= 0.6 is 0 Å². The number of hydrogen-bond acceptors (Lipinski definition) is 4. The summed E-state index contributed by atoms with van der Waals surface area (Å²) in [6.07, 6.45) is -3.91. The molecule has 0 bridgehead atoms. The number of carboxylic acids is 1. The first-order valence-corrected chi connectivity index (χ1v) is 14.2. The molecule has 0 saturated carbocycles. The summed E-state index contributed by atoms with van der Waals surface area (Å²) < 4.78 is 50.1. The lowest BCUT2D eigenvalue weighted by molar-refractivity contribution is -0.153. The van der Waals surface area contributed by atoms with Gasteiger partial charge in [-0.2, -0.15) is 13.2 Å². The van der Waals surface area contributed by atoms with Crippen LogP contribution in [-0.2, 0) is 23.9 Å². The molecule has 1 fully saturated rings. The fourth-order valence-electron chi connectivity index (χ4n) is 5.28. The molecule has 1 aliphatic heterocycles. The van der Waals surface area contributed by atoms with Gasteiger partial charge in [0.05, 0.1) is 18.2 Å². The molecule has 2 amide bonds. The summed E-state index contributed by atoms with van der Waals surface area (Å²) in [6, 6.07) is 23.1. The van der Waals surface area contributed by atoms with Crippen molar-refractivity contribution in [1.82, 2.24) is 10.2 Å². The van der Waals surface area contributed by atoms with Gasteiger partial charge < -0.3 is 24.8 Å². The van der Waals surface area contributed by atoms with Crippen molar-refractivity contribution in [2.24, 2.45) is 0 Å². The average molecular weight is 607 g/mol. The molecule has 2 N–H and O–H groups in total. The molecule has 7 nitrogen and oxygen atoms in total. The molecule has 4 aromatic rings. The summed E-state index contributed by atoms with van der Waals surface area (Å²) >= 11 is 0. The molecule has 1 heterocycles. The first-order valence-electron chi connectivity index (χ1n) is 14.2. The van der Waals surface area contributed by atoms with Crippen molar-refractivity contribution in [1.29, 1.82) is 0 Å². The summed E-state index contributed by atoms with van der Waals surface area (Å²) in [5.41, 5.74) is 0.347. The molecule has 230 valence electrons. The number of aryl methyl sites for hydroxylation is 1. The number of amides is 2. The summed E-state index contributed by atoms with van der Waals surface area (Å²) in [5.74, 6) is -0.642. The second kappa shape index (κ2) is 12.5.